The van der Waals surface area contributed by atoms with Gasteiger partial charge in [-0.3, -0.25) is 4.79 Å². The number of carbonyl (C=O) groups is 1. The van der Waals surface area contributed by atoms with Crippen molar-refractivity contribution >= 4 is 44.3 Å². The maximum absolute atomic E-state index is 12.6. The third kappa shape index (κ3) is 3.41. The number of benzene rings is 2. The summed E-state index contributed by atoms with van der Waals surface area (Å²) in [5.41, 5.74) is 1.89. The van der Waals surface area contributed by atoms with Crippen molar-refractivity contribution in [2.75, 3.05) is 7.11 Å². The minimum atomic E-state index is -0.398. The number of nitrogens with zero attached hydrogens (tertiary/aromatic N) is 3. The molecule has 0 bridgehead atoms. The van der Waals surface area contributed by atoms with Crippen LogP contribution in [0.3, 0.4) is 0 Å². The van der Waals surface area contributed by atoms with Crippen LogP contribution >= 0.6 is 27.3 Å². The lowest BCUT2D eigenvalue weighted by molar-refractivity contribution is 0.0600. The molecule has 0 unspecified atom stereocenters. The Balaban J connectivity index is 1.71. The van der Waals surface area contributed by atoms with Crippen molar-refractivity contribution in [1.82, 2.24) is 14.6 Å². The van der Waals surface area contributed by atoms with E-state index in [1.807, 2.05) is 24.3 Å². The maximum atomic E-state index is 12.6. The lowest BCUT2D eigenvalue weighted by Crippen LogP contribution is -2.23. The van der Waals surface area contributed by atoms with E-state index in [1.54, 1.807) is 30.3 Å². The molecule has 0 fully saturated rings. The van der Waals surface area contributed by atoms with Crippen LogP contribution in [0.2, 0.25) is 0 Å². The van der Waals surface area contributed by atoms with Gasteiger partial charge in [-0.05, 0) is 35.9 Å². The summed E-state index contributed by atoms with van der Waals surface area (Å²) in [5, 5.41) is 4.33. The number of carbonyl (C=O) groups excluding carboxylic acids is 1. The van der Waals surface area contributed by atoms with Crippen LogP contribution < -0.4 is 10.1 Å². The monoisotopic (exact) mass is 441 g/mol. The molecule has 0 aliphatic carbocycles. The third-order valence-corrected chi connectivity index (χ3v) is 5.40. The van der Waals surface area contributed by atoms with Crippen LogP contribution in [-0.4, -0.2) is 27.7 Å². The average molecular weight is 442 g/mol. The number of ether oxygens (including phenoxy) is 1. The first-order chi connectivity index (χ1) is 13.0. The number of rotatable bonds is 3. The van der Waals surface area contributed by atoms with Gasteiger partial charge in [0, 0.05) is 10.0 Å². The van der Waals surface area contributed by atoms with Gasteiger partial charge in [-0.15, -0.1) is 5.10 Å². The number of halogens is 1. The second-order valence-electron chi connectivity index (χ2n) is 5.67. The van der Waals surface area contributed by atoms with Gasteiger partial charge in [0.05, 0.1) is 17.2 Å². The van der Waals surface area contributed by atoms with Gasteiger partial charge in [-0.1, -0.05) is 51.5 Å². The topological polar surface area (TPSA) is 73.6 Å². The Morgan fingerprint density at radius 2 is 1.85 bits per heavy atom. The van der Waals surface area contributed by atoms with Crippen LogP contribution in [0.25, 0.3) is 22.4 Å². The lowest BCUT2D eigenvalue weighted by atomic mass is 10.1. The van der Waals surface area contributed by atoms with E-state index in [0.717, 1.165) is 15.6 Å². The van der Waals surface area contributed by atoms with E-state index < -0.39 is 5.97 Å². The van der Waals surface area contributed by atoms with Gasteiger partial charge < -0.3 is 4.74 Å². The average Bonchev–Trinajstić information content (AvgIpc) is 3.22. The molecule has 2 aromatic heterocycles. The standard InChI is InChI=1S/C19H12BrN3O3S/c1-26-18(25)13-4-2-11(3-5-13)10-15-17(24)23-19(27-15)21-16(22-23)12-6-8-14(20)9-7-12/h2-10H,1H3/b15-10+. The fourth-order valence-electron chi connectivity index (χ4n) is 2.54. The summed E-state index contributed by atoms with van der Waals surface area (Å²) in [6.45, 7) is 0. The molecule has 134 valence electrons. The highest BCUT2D eigenvalue weighted by atomic mass is 79.9. The molecule has 2 heterocycles. The smallest absolute Gasteiger partial charge is 0.337 e. The predicted molar refractivity (Wildman–Crippen MR) is 107 cm³/mol. The van der Waals surface area contributed by atoms with Gasteiger partial charge in [-0.25, -0.2) is 4.79 Å². The first-order valence-electron chi connectivity index (χ1n) is 7.91. The zero-order chi connectivity index (χ0) is 19.0. The molecule has 0 amide bonds. The fraction of sp³-hybridized carbons (Fsp3) is 0.0526. The van der Waals surface area contributed by atoms with Gasteiger partial charge in [0.1, 0.15) is 0 Å². The summed E-state index contributed by atoms with van der Waals surface area (Å²) in [7, 11) is 1.34. The number of aromatic nitrogens is 3. The van der Waals surface area contributed by atoms with E-state index in [1.165, 1.54) is 23.0 Å². The Kier molecular flexibility index (Phi) is 4.59. The van der Waals surface area contributed by atoms with Crippen molar-refractivity contribution in [3.63, 3.8) is 0 Å². The van der Waals surface area contributed by atoms with Crippen LogP contribution in [-0.2, 0) is 4.74 Å². The molecule has 0 saturated carbocycles. The number of esters is 1. The Morgan fingerprint density at radius 1 is 1.15 bits per heavy atom. The van der Waals surface area contributed by atoms with Crippen molar-refractivity contribution in [1.29, 1.82) is 0 Å². The van der Waals surface area contributed by atoms with Gasteiger partial charge >= 0.3 is 5.97 Å². The van der Waals surface area contributed by atoms with Gasteiger partial charge in [0.15, 0.2) is 5.82 Å². The zero-order valence-electron chi connectivity index (χ0n) is 14.0. The molecule has 0 aliphatic rings. The van der Waals surface area contributed by atoms with Crippen molar-refractivity contribution in [3.8, 4) is 11.4 Å². The molecule has 0 N–H and O–H groups in total. The van der Waals surface area contributed by atoms with Crippen LogP contribution in [0.4, 0.5) is 0 Å². The van der Waals surface area contributed by atoms with E-state index in [2.05, 4.69) is 30.7 Å². The Hall–Kier alpha value is -2.84. The zero-order valence-corrected chi connectivity index (χ0v) is 16.5. The Bertz CT molecular complexity index is 1240. The molecule has 4 aromatic rings. The molecule has 0 saturated heterocycles. The fourth-order valence-corrected chi connectivity index (χ4v) is 3.71. The minimum absolute atomic E-state index is 0.220. The molecule has 4 rings (SSSR count). The highest BCUT2D eigenvalue weighted by Gasteiger charge is 2.12. The summed E-state index contributed by atoms with van der Waals surface area (Å²) in [6.07, 6.45) is 1.75. The maximum Gasteiger partial charge on any atom is 0.337 e. The molecule has 0 atom stereocenters. The summed E-state index contributed by atoms with van der Waals surface area (Å²) in [6, 6.07) is 14.4. The normalized spacial score (nSPS) is 11.9. The SMILES string of the molecule is COC(=O)c1ccc(/C=c2/sc3nc(-c4ccc(Br)cc4)nn3c2=O)cc1. The van der Waals surface area contributed by atoms with Crippen LogP contribution in [0.15, 0.2) is 57.8 Å². The number of methoxy groups -OCH3 is 1. The molecular weight excluding hydrogens is 430 g/mol. The minimum Gasteiger partial charge on any atom is -0.465 e. The van der Waals surface area contributed by atoms with Gasteiger partial charge in [-0.2, -0.15) is 9.50 Å². The molecular formula is C19H12BrN3O3S. The quantitative estimate of drug-likeness (QED) is 0.457. The van der Waals surface area contributed by atoms with E-state index in [0.29, 0.717) is 20.9 Å². The lowest BCUT2D eigenvalue weighted by Gasteiger charge is -1.98. The third-order valence-electron chi connectivity index (χ3n) is 3.91. The summed E-state index contributed by atoms with van der Waals surface area (Å²) >= 11 is 4.66. The highest BCUT2D eigenvalue weighted by molar-refractivity contribution is 9.10. The summed E-state index contributed by atoms with van der Waals surface area (Å²) < 4.78 is 7.48. The first-order valence-corrected chi connectivity index (χ1v) is 9.52. The van der Waals surface area contributed by atoms with Crippen molar-refractivity contribution in [2.45, 2.75) is 0 Å². The molecule has 2 aromatic carbocycles. The summed E-state index contributed by atoms with van der Waals surface area (Å²) in [4.78, 5) is 29.1. The van der Waals surface area contributed by atoms with Crippen molar-refractivity contribution in [2.24, 2.45) is 0 Å². The molecule has 0 aliphatic heterocycles. The number of thiazole rings is 1. The molecule has 27 heavy (non-hydrogen) atoms. The molecule has 6 nitrogen and oxygen atoms in total. The van der Waals surface area contributed by atoms with Crippen LogP contribution in [0, 0.1) is 0 Å². The first kappa shape index (κ1) is 17.6. The van der Waals surface area contributed by atoms with Crippen LogP contribution in [0.1, 0.15) is 15.9 Å². The van der Waals surface area contributed by atoms with Gasteiger partial charge in [0.25, 0.3) is 5.56 Å². The predicted octanol–water partition coefficient (Wildman–Crippen LogP) is 2.91. The van der Waals surface area contributed by atoms with E-state index >= 15 is 0 Å². The van der Waals surface area contributed by atoms with Crippen molar-refractivity contribution < 1.29 is 9.53 Å². The highest BCUT2D eigenvalue weighted by Crippen LogP contribution is 2.19. The molecule has 0 radical (unpaired) electrons. The number of hydrogen-bond acceptors (Lipinski definition) is 6. The van der Waals surface area contributed by atoms with Crippen molar-refractivity contribution in [3.05, 3.63) is 79.0 Å². The molecule has 8 heteroatoms. The van der Waals surface area contributed by atoms with Crippen LogP contribution in [0.5, 0.6) is 0 Å². The second-order valence-corrected chi connectivity index (χ2v) is 7.59. The molecule has 0 spiro atoms. The van der Waals surface area contributed by atoms with E-state index in [-0.39, 0.29) is 5.56 Å². The Labute approximate surface area is 165 Å². The van der Waals surface area contributed by atoms with E-state index in [4.69, 9.17) is 0 Å². The largest absolute Gasteiger partial charge is 0.465 e. The number of fused-ring (bicyclic) bond motifs is 1. The summed E-state index contributed by atoms with van der Waals surface area (Å²) in [5.74, 6) is 0.116. The second kappa shape index (κ2) is 7.05. The van der Waals surface area contributed by atoms with Gasteiger partial charge in [0.2, 0.25) is 4.96 Å². The Morgan fingerprint density at radius 3 is 2.48 bits per heavy atom. The number of hydrogen-bond donors (Lipinski definition) is 0. The van der Waals surface area contributed by atoms with E-state index in [9.17, 15) is 9.59 Å².